The molecule has 2 amide bonds. The first-order valence-corrected chi connectivity index (χ1v) is 10.7. The molecule has 0 saturated carbocycles. The highest BCUT2D eigenvalue weighted by Gasteiger charge is 2.42. The number of anilines is 2. The summed E-state index contributed by atoms with van der Waals surface area (Å²) in [4.78, 5) is 31.0. The van der Waals surface area contributed by atoms with Crippen LogP contribution in [0.25, 0.3) is 17.3 Å². The number of thiazole rings is 1. The van der Waals surface area contributed by atoms with E-state index in [1.165, 1.54) is 17.4 Å². The van der Waals surface area contributed by atoms with Gasteiger partial charge in [-0.1, -0.05) is 18.2 Å². The molecule has 3 aromatic rings. The molecule has 31 heavy (non-hydrogen) atoms. The fourth-order valence-corrected chi connectivity index (χ4v) is 4.35. The Morgan fingerprint density at radius 2 is 1.94 bits per heavy atom. The zero-order valence-corrected chi connectivity index (χ0v) is 18.6. The van der Waals surface area contributed by atoms with Gasteiger partial charge in [-0.05, 0) is 55.3 Å². The molecule has 0 bridgehead atoms. The summed E-state index contributed by atoms with van der Waals surface area (Å²) in [5, 5.41) is 5.22. The van der Waals surface area contributed by atoms with Crippen molar-refractivity contribution in [1.82, 2.24) is 4.98 Å². The lowest BCUT2D eigenvalue weighted by atomic mass is 9.85. The number of nitrogens with zero attached hydrogens (tertiary/aromatic N) is 2. The molecule has 7 heteroatoms. The molecule has 6 nitrogen and oxygen atoms in total. The Morgan fingerprint density at radius 3 is 2.65 bits per heavy atom. The molecule has 1 aliphatic heterocycles. The van der Waals surface area contributed by atoms with Gasteiger partial charge in [-0.15, -0.1) is 11.3 Å². The molecule has 158 valence electrons. The predicted octanol–water partition coefficient (Wildman–Crippen LogP) is 4.72. The highest BCUT2D eigenvalue weighted by atomic mass is 32.1. The number of carbonyl (C=O) groups is 2. The highest BCUT2D eigenvalue weighted by Crippen LogP contribution is 2.42. The summed E-state index contributed by atoms with van der Waals surface area (Å²) in [5.74, 6) is 0.594. The number of amides is 2. The van der Waals surface area contributed by atoms with Gasteiger partial charge in [-0.25, -0.2) is 4.98 Å². The number of hydrogen-bond acceptors (Lipinski definition) is 5. The Balaban J connectivity index is 1.47. The summed E-state index contributed by atoms with van der Waals surface area (Å²) in [7, 11) is 3.41. The summed E-state index contributed by atoms with van der Waals surface area (Å²) in [6.07, 6.45) is 3.21. The molecule has 0 fully saturated rings. The second-order valence-corrected chi connectivity index (χ2v) is 8.71. The molecule has 0 radical (unpaired) electrons. The van der Waals surface area contributed by atoms with Crippen LogP contribution in [-0.4, -0.2) is 31.0 Å². The maximum Gasteiger partial charge on any atom is 0.250 e. The SMILES string of the molecule is COc1ccc(/C=C/C(=O)Nc2nc(-c3ccc4c(c3)C(C)(C)C(=O)N4C)cs2)cc1. The van der Waals surface area contributed by atoms with E-state index in [1.54, 1.807) is 25.1 Å². The largest absolute Gasteiger partial charge is 0.497 e. The number of fused-ring (bicyclic) bond motifs is 1. The van der Waals surface area contributed by atoms with Crippen molar-refractivity contribution >= 4 is 40.0 Å². The van der Waals surface area contributed by atoms with E-state index in [1.807, 2.05) is 61.7 Å². The molecule has 4 rings (SSSR count). The Labute approximate surface area is 185 Å². The monoisotopic (exact) mass is 433 g/mol. The Kier molecular flexibility index (Phi) is 5.37. The predicted molar refractivity (Wildman–Crippen MR) is 125 cm³/mol. The fourth-order valence-electron chi connectivity index (χ4n) is 3.63. The van der Waals surface area contributed by atoms with Gasteiger partial charge in [-0.3, -0.25) is 14.9 Å². The summed E-state index contributed by atoms with van der Waals surface area (Å²) in [6, 6.07) is 13.4. The number of likely N-dealkylation sites (N-methyl/N-ethyl adjacent to an activating group) is 1. The quantitative estimate of drug-likeness (QED) is 0.591. The average molecular weight is 434 g/mol. The van der Waals surface area contributed by atoms with E-state index in [4.69, 9.17) is 4.74 Å². The van der Waals surface area contributed by atoms with Crippen LogP contribution in [0.15, 0.2) is 53.9 Å². The average Bonchev–Trinajstić information content (AvgIpc) is 3.30. The molecule has 1 aromatic heterocycles. The van der Waals surface area contributed by atoms with Crippen LogP contribution in [0, 0.1) is 0 Å². The Bertz CT molecular complexity index is 1180. The van der Waals surface area contributed by atoms with E-state index in [0.717, 1.165) is 33.8 Å². The van der Waals surface area contributed by atoms with E-state index in [0.29, 0.717) is 5.13 Å². The molecule has 0 unspecified atom stereocenters. The smallest absolute Gasteiger partial charge is 0.250 e. The van der Waals surface area contributed by atoms with Crippen molar-refractivity contribution in [3.8, 4) is 17.0 Å². The van der Waals surface area contributed by atoms with Gasteiger partial charge in [0.05, 0.1) is 18.2 Å². The Morgan fingerprint density at radius 1 is 1.19 bits per heavy atom. The van der Waals surface area contributed by atoms with Gasteiger partial charge in [0.1, 0.15) is 5.75 Å². The van der Waals surface area contributed by atoms with Crippen molar-refractivity contribution in [2.75, 3.05) is 24.4 Å². The third-order valence-corrected chi connectivity index (χ3v) is 6.20. The third-order valence-electron chi connectivity index (χ3n) is 5.44. The number of nitrogens with one attached hydrogen (secondary N) is 1. The standard InChI is InChI=1S/C24H23N3O3S/c1-24(2)18-13-16(8-11-20(18)27(3)22(24)29)19-14-31-23(25-19)26-21(28)12-7-15-5-9-17(30-4)10-6-15/h5-14H,1-4H3,(H,25,26,28)/b12-7+. The number of methoxy groups -OCH3 is 1. The second kappa shape index (κ2) is 8.00. The van der Waals surface area contributed by atoms with E-state index in [2.05, 4.69) is 10.3 Å². The lowest BCUT2D eigenvalue weighted by Crippen LogP contribution is -2.33. The summed E-state index contributed by atoms with van der Waals surface area (Å²) >= 11 is 1.36. The fraction of sp³-hybridized carbons (Fsp3) is 0.208. The maximum atomic E-state index is 12.5. The van der Waals surface area contributed by atoms with Crippen LogP contribution in [0.1, 0.15) is 25.0 Å². The van der Waals surface area contributed by atoms with Gasteiger partial charge in [0.2, 0.25) is 11.8 Å². The molecule has 0 saturated heterocycles. The summed E-state index contributed by atoms with van der Waals surface area (Å²) in [6.45, 7) is 3.87. The summed E-state index contributed by atoms with van der Waals surface area (Å²) in [5.41, 5.74) is 3.92. The number of benzene rings is 2. The van der Waals surface area contributed by atoms with Gasteiger partial charge in [0, 0.05) is 29.8 Å². The minimum absolute atomic E-state index is 0.0783. The van der Waals surface area contributed by atoms with Crippen molar-refractivity contribution < 1.29 is 14.3 Å². The molecule has 0 spiro atoms. The second-order valence-electron chi connectivity index (χ2n) is 7.85. The number of rotatable bonds is 5. The van der Waals surface area contributed by atoms with E-state index in [9.17, 15) is 9.59 Å². The van der Waals surface area contributed by atoms with Crippen molar-refractivity contribution in [3.05, 3.63) is 65.0 Å². The van der Waals surface area contributed by atoms with Crippen LogP contribution in [0.3, 0.4) is 0 Å². The number of aromatic nitrogens is 1. The summed E-state index contributed by atoms with van der Waals surface area (Å²) < 4.78 is 5.13. The van der Waals surface area contributed by atoms with Crippen molar-refractivity contribution in [2.45, 2.75) is 19.3 Å². The topological polar surface area (TPSA) is 71.5 Å². The van der Waals surface area contributed by atoms with E-state index >= 15 is 0 Å². The van der Waals surface area contributed by atoms with Crippen LogP contribution in [0.5, 0.6) is 5.75 Å². The van der Waals surface area contributed by atoms with Crippen molar-refractivity contribution in [1.29, 1.82) is 0 Å². The molecule has 2 aromatic carbocycles. The normalized spacial score (nSPS) is 14.7. The maximum absolute atomic E-state index is 12.5. The van der Waals surface area contributed by atoms with Crippen LogP contribution >= 0.6 is 11.3 Å². The van der Waals surface area contributed by atoms with Gasteiger partial charge in [-0.2, -0.15) is 0 Å². The molecular formula is C24H23N3O3S. The minimum atomic E-state index is -0.570. The number of hydrogen-bond donors (Lipinski definition) is 1. The first kappa shape index (κ1) is 20.8. The van der Waals surface area contributed by atoms with Crippen LogP contribution in [-0.2, 0) is 15.0 Å². The number of ether oxygens (including phenoxy) is 1. The highest BCUT2D eigenvalue weighted by molar-refractivity contribution is 7.14. The van der Waals surface area contributed by atoms with E-state index in [-0.39, 0.29) is 11.8 Å². The van der Waals surface area contributed by atoms with Crippen molar-refractivity contribution in [3.63, 3.8) is 0 Å². The van der Waals surface area contributed by atoms with E-state index < -0.39 is 5.41 Å². The first-order valence-electron chi connectivity index (χ1n) is 9.81. The van der Waals surface area contributed by atoms with Gasteiger partial charge < -0.3 is 9.64 Å². The molecule has 1 N–H and O–H groups in total. The van der Waals surface area contributed by atoms with Crippen LogP contribution in [0.2, 0.25) is 0 Å². The van der Waals surface area contributed by atoms with Crippen LogP contribution < -0.4 is 15.0 Å². The van der Waals surface area contributed by atoms with Gasteiger partial charge in [0.15, 0.2) is 5.13 Å². The molecule has 1 aliphatic rings. The molecular weight excluding hydrogens is 410 g/mol. The molecule has 0 atom stereocenters. The molecule has 2 heterocycles. The van der Waals surface area contributed by atoms with Crippen LogP contribution in [0.4, 0.5) is 10.8 Å². The Hall–Kier alpha value is -3.45. The third kappa shape index (κ3) is 3.96. The van der Waals surface area contributed by atoms with Gasteiger partial charge in [0.25, 0.3) is 0 Å². The minimum Gasteiger partial charge on any atom is -0.497 e. The van der Waals surface area contributed by atoms with Crippen molar-refractivity contribution in [2.24, 2.45) is 0 Å². The first-order chi connectivity index (χ1) is 14.8. The lowest BCUT2D eigenvalue weighted by molar-refractivity contribution is -0.121. The zero-order valence-electron chi connectivity index (χ0n) is 17.8. The number of carbonyl (C=O) groups excluding carboxylic acids is 2. The lowest BCUT2D eigenvalue weighted by Gasteiger charge is -2.16. The molecule has 0 aliphatic carbocycles. The van der Waals surface area contributed by atoms with Gasteiger partial charge >= 0.3 is 0 Å². The zero-order chi connectivity index (χ0) is 22.2.